The summed E-state index contributed by atoms with van der Waals surface area (Å²) in [5.41, 5.74) is 14.8. The molecule has 0 fully saturated rings. The number of nitrogens with zero attached hydrogens (tertiary/aromatic N) is 2. The number of nitrogens with one attached hydrogen (secondary N) is 5. The zero-order valence-electron chi connectivity index (χ0n) is 32.1. The van der Waals surface area contributed by atoms with Crippen molar-refractivity contribution in [1.82, 2.24) is 25.0 Å². The number of aromatic amines is 3. The van der Waals surface area contributed by atoms with E-state index in [-0.39, 0.29) is 43.0 Å². The first-order chi connectivity index (χ1) is 28.0. The van der Waals surface area contributed by atoms with Gasteiger partial charge in [-0.1, -0.05) is 12.1 Å². The Bertz CT molecular complexity index is 2450. The van der Waals surface area contributed by atoms with Crippen LogP contribution < -0.4 is 33.8 Å². The van der Waals surface area contributed by atoms with Crippen LogP contribution >= 0.6 is 0 Å². The molecule has 308 valence electrons. The van der Waals surface area contributed by atoms with Crippen molar-refractivity contribution in [3.05, 3.63) is 95.4 Å². The van der Waals surface area contributed by atoms with E-state index in [0.29, 0.717) is 49.6 Å². The van der Waals surface area contributed by atoms with E-state index in [9.17, 15) is 39.0 Å². The Labute approximate surface area is 336 Å². The lowest BCUT2D eigenvalue weighted by molar-refractivity contribution is -0.123. The van der Waals surface area contributed by atoms with Crippen LogP contribution in [0, 0.1) is 0 Å². The van der Waals surface area contributed by atoms with Crippen LogP contribution in [-0.4, -0.2) is 108 Å². The number of aliphatic hydroxyl groups is 2. The van der Waals surface area contributed by atoms with E-state index in [1.165, 1.54) is 13.8 Å². The van der Waals surface area contributed by atoms with E-state index in [4.69, 9.17) is 23.2 Å². The molecule has 19 nitrogen and oxygen atoms in total. The SMILES string of the molecule is C[C@@H](O)[C@H](N)C(=O)CCN(N)C(=O)c1cc2ccc(NC(=O)c3ccc4[nH]c(C(=O)Nc5ccc6cc(C(=O)N(N)CCC(=O)[C@@H](N)[C@@H](C)O)[nH]c6c5)cc4c3)cc2[nH]1. The number of ketones is 2. The lowest BCUT2D eigenvalue weighted by atomic mass is 10.1. The average Bonchev–Trinajstić information content (AvgIpc) is 3.96. The summed E-state index contributed by atoms with van der Waals surface area (Å²) in [6, 6.07) is 17.7. The lowest BCUT2D eigenvalue weighted by Gasteiger charge is -2.18. The molecule has 0 aliphatic carbocycles. The molecular weight excluding hydrogens is 763 g/mol. The van der Waals surface area contributed by atoms with Crippen molar-refractivity contribution < 1.29 is 39.0 Å². The Balaban J connectivity index is 1.06. The molecule has 4 amide bonds. The standard InChI is InChI=1S/C40H45N11O8/c1-19(52)35(41)33(54)9-11-50(43)39(58)31-14-21-3-6-25(17-28(21)48-31)45-37(56)23-5-8-27-24(13-23)16-30(47-27)38(57)46-26-7-4-22-15-32(49-29(22)18-26)40(59)51(44)12-10-34(55)36(42)20(2)53/h3-8,13-20,35-36,47-49,52-53H,9-12,41-44H2,1-2H3,(H,45,56)(H,46,57)/t19-,20-,35+,36+/m1/s1. The second kappa shape index (κ2) is 17.4. The summed E-state index contributed by atoms with van der Waals surface area (Å²) in [5.74, 6) is 8.96. The third-order valence-electron chi connectivity index (χ3n) is 9.85. The number of hydrazine groups is 2. The van der Waals surface area contributed by atoms with E-state index in [1.807, 2.05) is 0 Å². The molecule has 3 heterocycles. The zero-order chi connectivity index (χ0) is 42.7. The van der Waals surface area contributed by atoms with Gasteiger partial charge in [-0.05, 0) is 74.5 Å². The molecule has 4 atom stereocenters. The lowest BCUT2D eigenvalue weighted by Crippen LogP contribution is -2.44. The third-order valence-corrected chi connectivity index (χ3v) is 9.85. The number of aliphatic hydroxyl groups excluding tert-OH is 2. The Kier molecular flexibility index (Phi) is 12.4. The van der Waals surface area contributed by atoms with Crippen LogP contribution in [0.25, 0.3) is 32.7 Å². The molecule has 0 saturated carbocycles. The summed E-state index contributed by atoms with van der Waals surface area (Å²) in [4.78, 5) is 85.7. The largest absolute Gasteiger partial charge is 0.391 e. The molecule has 0 unspecified atom stereocenters. The van der Waals surface area contributed by atoms with Crippen LogP contribution in [0.1, 0.15) is 68.5 Å². The van der Waals surface area contributed by atoms with Crippen LogP contribution in [0.15, 0.2) is 72.8 Å². The van der Waals surface area contributed by atoms with Crippen molar-refractivity contribution in [2.75, 3.05) is 23.7 Å². The number of carbonyl (C=O) groups is 6. The number of nitrogens with two attached hydrogens (primary N) is 4. The van der Waals surface area contributed by atoms with E-state index in [1.54, 1.807) is 72.8 Å². The van der Waals surface area contributed by atoms with Gasteiger partial charge in [-0.25, -0.2) is 11.7 Å². The van der Waals surface area contributed by atoms with Gasteiger partial charge in [0.25, 0.3) is 23.6 Å². The van der Waals surface area contributed by atoms with Gasteiger partial charge >= 0.3 is 0 Å². The molecule has 0 aliphatic heterocycles. The Morgan fingerprint density at radius 1 is 0.576 bits per heavy atom. The molecule has 6 aromatic rings. The van der Waals surface area contributed by atoms with Crippen LogP contribution in [0.5, 0.6) is 0 Å². The van der Waals surface area contributed by atoms with Crippen molar-refractivity contribution in [1.29, 1.82) is 0 Å². The van der Waals surface area contributed by atoms with E-state index in [2.05, 4.69) is 25.6 Å². The fourth-order valence-electron chi connectivity index (χ4n) is 6.28. The number of rotatable bonds is 16. The topological polar surface area (TPSA) is 325 Å². The predicted octanol–water partition coefficient (Wildman–Crippen LogP) is 1.60. The first kappa shape index (κ1) is 41.9. The molecule has 0 aliphatic rings. The smallest absolute Gasteiger partial charge is 0.284 e. The number of Topliss-reactive ketones (excluding diaryl/α,β-unsaturated/α-hetero) is 2. The highest BCUT2D eigenvalue weighted by molar-refractivity contribution is 6.10. The van der Waals surface area contributed by atoms with Gasteiger partial charge in [0.15, 0.2) is 11.6 Å². The Morgan fingerprint density at radius 2 is 1.02 bits per heavy atom. The fourth-order valence-corrected chi connectivity index (χ4v) is 6.28. The minimum Gasteiger partial charge on any atom is -0.391 e. The molecule has 0 bridgehead atoms. The van der Waals surface area contributed by atoms with Crippen LogP contribution in [0.2, 0.25) is 0 Å². The first-order valence-corrected chi connectivity index (χ1v) is 18.6. The van der Waals surface area contributed by atoms with Crippen molar-refractivity contribution in [3.8, 4) is 0 Å². The van der Waals surface area contributed by atoms with Gasteiger partial charge in [-0.3, -0.25) is 38.8 Å². The predicted molar refractivity (Wildman–Crippen MR) is 220 cm³/mol. The highest BCUT2D eigenvalue weighted by atomic mass is 16.3. The third kappa shape index (κ3) is 9.53. The Hall–Kier alpha value is -6.74. The number of carbonyl (C=O) groups excluding carboxylic acids is 6. The molecule has 0 spiro atoms. The summed E-state index contributed by atoms with van der Waals surface area (Å²) in [5, 5.41) is 28.4. The highest BCUT2D eigenvalue weighted by Gasteiger charge is 2.23. The van der Waals surface area contributed by atoms with Gasteiger partial charge in [0.1, 0.15) is 17.1 Å². The monoisotopic (exact) mass is 807 g/mol. The number of amides is 4. The van der Waals surface area contributed by atoms with Gasteiger partial charge < -0.3 is 47.3 Å². The molecule has 59 heavy (non-hydrogen) atoms. The van der Waals surface area contributed by atoms with Crippen LogP contribution in [0.4, 0.5) is 11.4 Å². The minimum absolute atomic E-state index is 0.102. The van der Waals surface area contributed by atoms with E-state index in [0.717, 1.165) is 10.0 Å². The number of hydrogen-bond donors (Lipinski definition) is 11. The summed E-state index contributed by atoms with van der Waals surface area (Å²) in [7, 11) is 0. The molecule has 6 rings (SSSR count). The van der Waals surface area contributed by atoms with E-state index >= 15 is 0 Å². The van der Waals surface area contributed by atoms with Gasteiger partial charge in [-0.15, -0.1) is 0 Å². The molecule has 0 radical (unpaired) electrons. The summed E-state index contributed by atoms with van der Waals surface area (Å²) in [6.45, 7) is 2.60. The van der Waals surface area contributed by atoms with E-state index < -0.39 is 59.5 Å². The Morgan fingerprint density at radius 3 is 1.49 bits per heavy atom. The summed E-state index contributed by atoms with van der Waals surface area (Å²) < 4.78 is 0. The fraction of sp³-hybridized carbons (Fsp3) is 0.250. The van der Waals surface area contributed by atoms with Gasteiger partial charge in [-0.2, -0.15) is 0 Å². The molecule has 3 aromatic heterocycles. The molecule has 19 heteroatoms. The van der Waals surface area contributed by atoms with Crippen LogP contribution in [-0.2, 0) is 9.59 Å². The van der Waals surface area contributed by atoms with Crippen molar-refractivity contribution in [2.45, 2.75) is 51.0 Å². The maximum atomic E-state index is 13.3. The molecule has 0 saturated heterocycles. The molecule has 3 aromatic carbocycles. The normalized spacial score (nSPS) is 13.5. The average molecular weight is 808 g/mol. The number of benzene rings is 3. The zero-order valence-corrected chi connectivity index (χ0v) is 32.1. The van der Waals surface area contributed by atoms with Crippen LogP contribution in [0.3, 0.4) is 0 Å². The molecular formula is C40H45N11O8. The van der Waals surface area contributed by atoms with Gasteiger partial charge in [0, 0.05) is 75.6 Å². The first-order valence-electron chi connectivity index (χ1n) is 18.6. The molecule has 15 N–H and O–H groups in total. The second-order valence-corrected chi connectivity index (χ2v) is 14.3. The number of aromatic nitrogens is 3. The van der Waals surface area contributed by atoms with Crippen molar-refractivity contribution in [2.24, 2.45) is 23.2 Å². The maximum absolute atomic E-state index is 13.3. The van der Waals surface area contributed by atoms with Gasteiger partial charge in [0.05, 0.1) is 24.3 Å². The number of fused-ring (bicyclic) bond motifs is 3. The van der Waals surface area contributed by atoms with Crippen molar-refractivity contribution in [3.63, 3.8) is 0 Å². The highest BCUT2D eigenvalue weighted by Crippen LogP contribution is 2.25. The maximum Gasteiger partial charge on any atom is 0.284 e. The summed E-state index contributed by atoms with van der Waals surface area (Å²) in [6.07, 6.45) is -2.31. The number of anilines is 2. The summed E-state index contributed by atoms with van der Waals surface area (Å²) >= 11 is 0. The van der Waals surface area contributed by atoms with Gasteiger partial charge in [0.2, 0.25) is 0 Å². The number of H-pyrrole nitrogens is 3. The van der Waals surface area contributed by atoms with Crippen molar-refractivity contribution >= 4 is 79.3 Å². The second-order valence-electron chi connectivity index (χ2n) is 14.3. The minimum atomic E-state index is -1.07. The number of hydrogen-bond acceptors (Lipinski definition) is 12. The quantitative estimate of drug-likeness (QED) is 0.0378.